The van der Waals surface area contributed by atoms with E-state index in [1.165, 1.54) is 0 Å². The molecule has 26 heavy (non-hydrogen) atoms. The topological polar surface area (TPSA) is 95.6 Å². The molecule has 0 radical (unpaired) electrons. The number of hydrogen-bond acceptors (Lipinski definition) is 4. The highest BCUT2D eigenvalue weighted by Gasteiger charge is 2.35. The lowest BCUT2D eigenvalue weighted by Gasteiger charge is -2.13. The van der Waals surface area contributed by atoms with Gasteiger partial charge >= 0.3 is 0 Å². The van der Waals surface area contributed by atoms with Crippen molar-refractivity contribution in [3.63, 3.8) is 0 Å². The SMILES string of the molecule is O=C(CCCl)NCCNC(=O)CCCN1C(=O)c2ccc(Br)cc2C1=O. The largest absolute Gasteiger partial charge is 0.354 e. The summed E-state index contributed by atoms with van der Waals surface area (Å²) in [6, 6.07) is 4.96. The van der Waals surface area contributed by atoms with Crippen LogP contribution < -0.4 is 10.6 Å². The van der Waals surface area contributed by atoms with E-state index in [1.807, 2.05) is 0 Å². The number of nitrogens with one attached hydrogen (secondary N) is 2. The molecule has 1 aliphatic rings. The molecule has 0 unspecified atom stereocenters. The Labute approximate surface area is 164 Å². The predicted octanol–water partition coefficient (Wildman–Crippen LogP) is 1.69. The van der Waals surface area contributed by atoms with Gasteiger partial charge in [0.2, 0.25) is 11.8 Å². The third kappa shape index (κ3) is 5.28. The van der Waals surface area contributed by atoms with E-state index in [-0.39, 0.29) is 48.9 Å². The molecule has 1 aliphatic heterocycles. The number of rotatable bonds is 9. The van der Waals surface area contributed by atoms with Crippen LogP contribution in [0.3, 0.4) is 0 Å². The van der Waals surface area contributed by atoms with Gasteiger partial charge in [0.1, 0.15) is 0 Å². The van der Waals surface area contributed by atoms with E-state index in [1.54, 1.807) is 18.2 Å². The maximum atomic E-state index is 12.3. The molecule has 1 aromatic rings. The fraction of sp³-hybridized carbons (Fsp3) is 0.412. The van der Waals surface area contributed by atoms with Gasteiger partial charge in [0, 0.05) is 42.8 Å². The van der Waals surface area contributed by atoms with Crippen LogP contribution in [-0.2, 0) is 9.59 Å². The van der Waals surface area contributed by atoms with Crippen LogP contribution in [0.25, 0.3) is 0 Å². The molecular formula is C17H19BrClN3O4. The van der Waals surface area contributed by atoms with Crippen molar-refractivity contribution in [1.82, 2.24) is 15.5 Å². The monoisotopic (exact) mass is 443 g/mol. The van der Waals surface area contributed by atoms with Gasteiger partial charge in [-0.25, -0.2) is 0 Å². The standard InChI is InChI=1S/C17H19BrClN3O4/c18-11-3-4-12-13(10-11)17(26)22(16(12)25)9-1-2-14(23)20-7-8-21-15(24)5-6-19/h3-4,10H,1-2,5-9H2,(H,20,23)(H,21,24). The van der Waals surface area contributed by atoms with Gasteiger partial charge in [-0.3, -0.25) is 24.1 Å². The number of benzene rings is 1. The third-order valence-electron chi connectivity index (χ3n) is 3.81. The molecule has 0 atom stereocenters. The molecule has 1 aromatic carbocycles. The van der Waals surface area contributed by atoms with Crippen LogP contribution in [0.2, 0.25) is 0 Å². The summed E-state index contributed by atoms with van der Waals surface area (Å²) < 4.78 is 0.733. The lowest BCUT2D eigenvalue weighted by molar-refractivity contribution is -0.122. The summed E-state index contributed by atoms with van der Waals surface area (Å²) in [6.07, 6.45) is 0.802. The quantitative estimate of drug-likeness (QED) is 0.344. The van der Waals surface area contributed by atoms with Gasteiger partial charge in [-0.15, -0.1) is 11.6 Å². The Kier molecular flexibility index (Phi) is 7.59. The highest BCUT2D eigenvalue weighted by Crippen LogP contribution is 2.26. The fourth-order valence-electron chi connectivity index (χ4n) is 2.53. The zero-order chi connectivity index (χ0) is 19.1. The molecule has 0 spiro atoms. The van der Waals surface area contributed by atoms with Gasteiger partial charge in [-0.2, -0.15) is 0 Å². The average Bonchev–Trinajstić information content (AvgIpc) is 2.83. The first-order valence-electron chi connectivity index (χ1n) is 8.19. The number of hydrogen-bond donors (Lipinski definition) is 2. The first-order valence-corrected chi connectivity index (χ1v) is 9.52. The molecule has 0 bridgehead atoms. The molecule has 0 aliphatic carbocycles. The molecule has 140 valence electrons. The van der Waals surface area contributed by atoms with Crippen molar-refractivity contribution < 1.29 is 19.2 Å². The Morgan fingerprint density at radius 3 is 2.27 bits per heavy atom. The summed E-state index contributed by atoms with van der Waals surface area (Å²) >= 11 is 8.73. The summed E-state index contributed by atoms with van der Waals surface area (Å²) in [4.78, 5) is 48.7. The van der Waals surface area contributed by atoms with Crippen molar-refractivity contribution in [2.24, 2.45) is 0 Å². The second kappa shape index (κ2) is 9.68. The van der Waals surface area contributed by atoms with Crippen LogP contribution in [-0.4, -0.2) is 54.0 Å². The Morgan fingerprint density at radius 2 is 1.62 bits per heavy atom. The molecule has 9 heteroatoms. The molecule has 0 aromatic heterocycles. The van der Waals surface area contributed by atoms with Crippen LogP contribution in [0.5, 0.6) is 0 Å². The molecule has 4 amide bonds. The minimum atomic E-state index is -0.339. The Bertz CT molecular complexity index is 726. The van der Waals surface area contributed by atoms with Gasteiger partial charge < -0.3 is 10.6 Å². The smallest absolute Gasteiger partial charge is 0.261 e. The minimum Gasteiger partial charge on any atom is -0.354 e. The number of alkyl halides is 1. The minimum absolute atomic E-state index is 0.161. The molecule has 1 heterocycles. The number of fused-ring (bicyclic) bond motifs is 1. The average molecular weight is 445 g/mol. The lowest BCUT2D eigenvalue weighted by atomic mass is 10.1. The molecule has 0 saturated heterocycles. The van der Waals surface area contributed by atoms with E-state index >= 15 is 0 Å². The maximum absolute atomic E-state index is 12.3. The van der Waals surface area contributed by atoms with E-state index in [0.29, 0.717) is 30.6 Å². The van der Waals surface area contributed by atoms with Crippen LogP contribution >= 0.6 is 27.5 Å². The van der Waals surface area contributed by atoms with E-state index in [4.69, 9.17) is 11.6 Å². The molecule has 0 saturated carbocycles. The third-order valence-corrected chi connectivity index (χ3v) is 4.49. The van der Waals surface area contributed by atoms with Gasteiger partial charge in [0.05, 0.1) is 11.1 Å². The lowest BCUT2D eigenvalue weighted by Crippen LogP contribution is -2.35. The maximum Gasteiger partial charge on any atom is 0.261 e. The number of carbonyl (C=O) groups is 4. The van der Waals surface area contributed by atoms with Crippen LogP contribution in [0.15, 0.2) is 22.7 Å². The van der Waals surface area contributed by atoms with Crippen molar-refractivity contribution in [1.29, 1.82) is 0 Å². The summed E-state index contributed by atoms with van der Waals surface area (Å²) in [5.41, 5.74) is 0.761. The predicted molar refractivity (Wildman–Crippen MR) is 100 cm³/mol. The number of amides is 4. The molecule has 2 rings (SSSR count). The van der Waals surface area contributed by atoms with Crippen molar-refractivity contribution in [2.75, 3.05) is 25.5 Å². The Balaban J connectivity index is 1.70. The number of nitrogens with zero attached hydrogens (tertiary/aromatic N) is 1. The molecule has 7 nitrogen and oxygen atoms in total. The zero-order valence-corrected chi connectivity index (χ0v) is 16.4. The van der Waals surface area contributed by atoms with E-state index in [0.717, 1.165) is 9.37 Å². The number of halogens is 2. The Morgan fingerprint density at radius 1 is 1.00 bits per heavy atom. The molecular weight excluding hydrogens is 426 g/mol. The second-order valence-corrected chi connectivity index (χ2v) is 6.99. The van der Waals surface area contributed by atoms with Gasteiger partial charge in [-0.05, 0) is 24.6 Å². The van der Waals surface area contributed by atoms with E-state index in [2.05, 4.69) is 26.6 Å². The van der Waals surface area contributed by atoms with Gasteiger partial charge in [0.25, 0.3) is 11.8 Å². The summed E-state index contributed by atoms with van der Waals surface area (Å²) in [7, 11) is 0. The van der Waals surface area contributed by atoms with Crippen molar-refractivity contribution in [2.45, 2.75) is 19.3 Å². The van der Waals surface area contributed by atoms with E-state index in [9.17, 15) is 19.2 Å². The fourth-order valence-corrected chi connectivity index (χ4v) is 3.06. The van der Waals surface area contributed by atoms with Crippen molar-refractivity contribution in [3.05, 3.63) is 33.8 Å². The summed E-state index contributed by atoms with van der Waals surface area (Å²) in [6.45, 7) is 0.826. The molecule has 2 N–H and O–H groups in total. The van der Waals surface area contributed by atoms with Crippen molar-refractivity contribution in [3.8, 4) is 0 Å². The zero-order valence-electron chi connectivity index (χ0n) is 14.0. The second-order valence-electron chi connectivity index (χ2n) is 5.69. The van der Waals surface area contributed by atoms with Crippen LogP contribution in [0.4, 0.5) is 0 Å². The highest BCUT2D eigenvalue weighted by molar-refractivity contribution is 9.10. The van der Waals surface area contributed by atoms with Gasteiger partial charge in [0.15, 0.2) is 0 Å². The number of carbonyl (C=O) groups excluding carboxylic acids is 4. The van der Waals surface area contributed by atoms with Gasteiger partial charge in [-0.1, -0.05) is 15.9 Å². The number of imide groups is 1. The van der Waals surface area contributed by atoms with Crippen LogP contribution in [0.1, 0.15) is 40.0 Å². The first kappa shape index (κ1) is 20.4. The first-order chi connectivity index (χ1) is 12.4. The van der Waals surface area contributed by atoms with Crippen LogP contribution in [0, 0.1) is 0 Å². The normalized spacial score (nSPS) is 12.9. The summed E-state index contributed by atoms with van der Waals surface area (Å²) in [5.74, 6) is -0.775. The summed E-state index contributed by atoms with van der Waals surface area (Å²) in [5, 5.41) is 5.30. The highest BCUT2D eigenvalue weighted by atomic mass is 79.9. The van der Waals surface area contributed by atoms with E-state index < -0.39 is 0 Å². The molecule has 0 fully saturated rings. The Hall–Kier alpha value is -1.93. The van der Waals surface area contributed by atoms with Crippen molar-refractivity contribution >= 4 is 51.2 Å².